The summed E-state index contributed by atoms with van der Waals surface area (Å²) in [6.07, 6.45) is 0. The fourth-order valence-electron chi connectivity index (χ4n) is 1.68. The van der Waals surface area contributed by atoms with Crippen LogP contribution in [0.1, 0.15) is 10.4 Å². The average Bonchev–Trinajstić information content (AvgIpc) is 2.55. The summed E-state index contributed by atoms with van der Waals surface area (Å²) in [4.78, 5) is 22.9. The van der Waals surface area contributed by atoms with Gasteiger partial charge in [-0.1, -0.05) is 12.1 Å². The monoisotopic (exact) mass is 303 g/mol. The van der Waals surface area contributed by atoms with Gasteiger partial charge in [0.1, 0.15) is 11.6 Å². The number of ether oxygens (including phenoxy) is 1. The van der Waals surface area contributed by atoms with Crippen molar-refractivity contribution in [2.45, 2.75) is 0 Å². The maximum Gasteiger partial charge on any atom is 0.265 e. The van der Waals surface area contributed by atoms with Gasteiger partial charge in [0.05, 0.1) is 5.69 Å². The van der Waals surface area contributed by atoms with Gasteiger partial charge in [0.15, 0.2) is 6.61 Å². The van der Waals surface area contributed by atoms with Crippen LogP contribution in [-0.4, -0.2) is 18.4 Å². The average molecular weight is 303 g/mol. The Morgan fingerprint density at radius 3 is 2.41 bits per heavy atom. The molecule has 0 aliphatic rings. The van der Waals surface area contributed by atoms with Gasteiger partial charge in [-0.3, -0.25) is 15.0 Å². The summed E-state index contributed by atoms with van der Waals surface area (Å²) in [5, 5.41) is 2.40. The van der Waals surface area contributed by atoms with E-state index in [0.717, 1.165) is 0 Å². The van der Waals surface area contributed by atoms with Crippen LogP contribution >= 0.6 is 0 Å². The molecule has 0 aliphatic carbocycles. The molecular weight excluding hydrogens is 289 g/mol. The van der Waals surface area contributed by atoms with E-state index in [9.17, 15) is 14.0 Å². The number of carbonyl (C=O) groups excluding carboxylic acids is 2. The van der Waals surface area contributed by atoms with Gasteiger partial charge in [0.2, 0.25) is 0 Å². The lowest BCUT2D eigenvalue weighted by atomic mass is 10.2. The summed E-state index contributed by atoms with van der Waals surface area (Å²) in [5.74, 6) is 3.97. The molecule has 0 aliphatic heterocycles. The molecule has 22 heavy (non-hydrogen) atoms. The number of anilines is 1. The van der Waals surface area contributed by atoms with E-state index in [0.29, 0.717) is 11.3 Å². The number of hydrazine groups is 1. The van der Waals surface area contributed by atoms with Gasteiger partial charge in [-0.15, -0.1) is 0 Å². The van der Waals surface area contributed by atoms with Crippen molar-refractivity contribution < 1.29 is 18.7 Å². The molecule has 0 fully saturated rings. The third-order valence-electron chi connectivity index (χ3n) is 2.77. The molecule has 0 atom stereocenters. The number of rotatable bonds is 5. The normalized spacial score (nSPS) is 9.91. The Bertz CT molecular complexity index is 674. The van der Waals surface area contributed by atoms with E-state index in [1.54, 1.807) is 6.07 Å². The fourth-order valence-corrected chi connectivity index (χ4v) is 1.68. The topological polar surface area (TPSA) is 93.4 Å². The van der Waals surface area contributed by atoms with Crippen molar-refractivity contribution in [3.63, 3.8) is 0 Å². The Morgan fingerprint density at radius 1 is 1.09 bits per heavy atom. The molecule has 2 aromatic carbocycles. The standard InChI is InChI=1S/C15H14FN3O3/c16-12-3-1-2-4-13(12)18-14(20)9-22-11-7-5-10(6-8-11)15(21)19-17/h1-8H,9,17H2,(H,18,20)(H,19,21). The highest BCUT2D eigenvalue weighted by Crippen LogP contribution is 2.14. The maximum absolute atomic E-state index is 13.4. The Balaban J connectivity index is 1.89. The van der Waals surface area contributed by atoms with Gasteiger partial charge in [-0.05, 0) is 36.4 Å². The molecule has 2 aromatic rings. The second-order valence-corrected chi connectivity index (χ2v) is 4.31. The summed E-state index contributed by atoms with van der Waals surface area (Å²) in [6.45, 7) is -0.281. The van der Waals surface area contributed by atoms with E-state index in [4.69, 9.17) is 10.6 Å². The van der Waals surface area contributed by atoms with Gasteiger partial charge in [-0.25, -0.2) is 10.2 Å². The summed E-state index contributed by atoms with van der Waals surface area (Å²) >= 11 is 0. The second kappa shape index (κ2) is 7.19. The van der Waals surface area contributed by atoms with Crippen molar-refractivity contribution in [3.8, 4) is 5.75 Å². The SMILES string of the molecule is NNC(=O)c1ccc(OCC(=O)Nc2ccccc2F)cc1. The predicted octanol–water partition coefficient (Wildman–Crippen LogP) is 1.45. The van der Waals surface area contributed by atoms with E-state index in [-0.39, 0.29) is 12.3 Å². The van der Waals surface area contributed by atoms with Crippen molar-refractivity contribution >= 4 is 17.5 Å². The Hall–Kier alpha value is -2.93. The first-order chi connectivity index (χ1) is 10.6. The third-order valence-corrected chi connectivity index (χ3v) is 2.77. The minimum atomic E-state index is -0.520. The molecule has 0 saturated heterocycles. The number of nitrogens with one attached hydrogen (secondary N) is 2. The molecule has 0 bridgehead atoms. The quantitative estimate of drug-likeness (QED) is 0.443. The summed E-state index contributed by atoms with van der Waals surface area (Å²) in [7, 11) is 0. The summed E-state index contributed by atoms with van der Waals surface area (Å²) < 4.78 is 18.6. The van der Waals surface area contributed by atoms with E-state index in [2.05, 4.69) is 5.32 Å². The lowest BCUT2D eigenvalue weighted by molar-refractivity contribution is -0.118. The molecule has 0 spiro atoms. The van der Waals surface area contributed by atoms with Crippen molar-refractivity contribution in [1.29, 1.82) is 0 Å². The van der Waals surface area contributed by atoms with E-state index in [1.165, 1.54) is 42.5 Å². The number of hydrogen-bond acceptors (Lipinski definition) is 4. The van der Waals surface area contributed by atoms with Gasteiger partial charge in [0, 0.05) is 5.56 Å². The van der Waals surface area contributed by atoms with Crippen molar-refractivity contribution in [2.24, 2.45) is 5.84 Å². The van der Waals surface area contributed by atoms with Crippen LogP contribution in [0.15, 0.2) is 48.5 Å². The van der Waals surface area contributed by atoms with Crippen molar-refractivity contribution in [1.82, 2.24) is 5.43 Å². The molecule has 2 amide bonds. The van der Waals surface area contributed by atoms with Crippen LogP contribution in [0.2, 0.25) is 0 Å². The van der Waals surface area contributed by atoms with Gasteiger partial charge >= 0.3 is 0 Å². The van der Waals surface area contributed by atoms with E-state index < -0.39 is 17.6 Å². The van der Waals surface area contributed by atoms with Crippen LogP contribution in [0.3, 0.4) is 0 Å². The highest BCUT2D eigenvalue weighted by Gasteiger charge is 2.08. The number of benzene rings is 2. The van der Waals surface area contributed by atoms with Crippen LogP contribution in [0.4, 0.5) is 10.1 Å². The zero-order chi connectivity index (χ0) is 15.9. The molecule has 0 aromatic heterocycles. The van der Waals surface area contributed by atoms with Crippen LogP contribution in [-0.2, 0) is 4.79 Å². The second-order valence-electron chi connectivity index (χ2n) is 4.31. The van der Waals surface area contributed by atoms with Gasteiger partial charge < -0.3 is 10.1 Å². The molecule has 0 saturated carbocycles. The minimum absolute atomic E-state index is 0.0889. The first kappa shape index (κ1) is 15.5. The zero-order valence-electron chi connectivity index (χ0n) is 11.5. The lowest BCUT2D eigenvalue weighted by Crippen LogP contribution is -2.29. The lowest BCUT2D eigenvalue weighted by Gasteiger charge is -2.08. The van der Waals surface area contributed by atoms with Crippen molar-refractivity contribution in [3.05, 3.63) is 59.9 Å². The number of nitrogen functional groups attached to an aromatic ring is 1. The van der Waals surface area contributed by atoms with Crippen LogP contribution in [0.25, 0.3) is 0 Å². The Kier molecular flexibility index (Phi) is 5.05. The molecule has 6 nitrogen and oxygen atoms in total. The fraction of sp³-hybridized carbons (Fsp3) is 0.0667. The molecule has 0 unspecified atom stereocenters. The molecule has 114 valence electrons. The van der Waals surface area contributed by atoms with Crippen LogP contribution in [0.5, 0.6) is 5.75 Å². The first-order valence-corrected chi connectivity index (χ1v) is 6.38. The largest absolute Gasteiger partial charge is 0.484 e. The molecule has 0 heterocycles. The maximum atomic E-state index is 13.4. The number of halogens is 1. The summed E-state index contributed by atoms with van der Waals surface area (Å²) in [6, 6.07) is 11.9. The number of amides is 2. The number of carbonyl (C=O) groups is 2. The first-order valence-electron chi connectivity index (χ1n) is 6.38. The van der Waals surface area contributed by atoms with Crippen LogP contribution in [0, 0.1) is 5.82 Å². The third kappa shape index (κ3) is 4.03. The number of hydrogen-bond donors (Lipinski definition) is 3. The number of nitrogens with two attached hydrogens (primary N) is 1. The number of para-hydroxylation sites is 1. The Morgan fingerprint density at radius 2 is 1.77 bits per heavy atom. The Labute approximate surface area is 126 Å². The van der Waals surface area contributed by atoms with Gasteiger partial charge in [0.25, 0.3) is 11.8 Å². The summed E-state index contributed by atoms with van der Waals surface area (Å²) in [5.41, 5.74) is 2.46. The molecule has 2 rings (SSSR count). The molecule has 0 radical (unpaired) electrons. The van der Waals surface area contributed by atoms with E-state index >= 15 is 0 Å². The molecule has 4 N–H and O–H groups in total. The van der Waals surface area contributed by atoms with Crippen LogP contribution < -0.4 is 21.3 Å². The highest BCUT2D eigenvalue weighted by atomic mass is 19.1. The molecular formula is C15H14FN3O3. The van der Waals surface area contributed by atoms with E-state index in [1.807, 2.05) is 5.43 Å². The highest BCUT2D eigenvalue weighted by molar-refractivity contribution is 5.94. The van der Waals surface area contributed by atoms with Crippen molar-refractivity contribution in [2.75, 3.05) is 11.9 Å². The predicted molar refractivity (Wildman–Crippen MR) is 78.6 cm³/mol. The zero-order valence-corrected chi connectivity index (χ0v) is 11.5. The minimum Gasteiger partial charge on any atom is -0.484 e. The smallest absolute Gasteiger partial charge is 0.265 e. The van der Waals surface area contributed by atoms with Gasteiger partial charge in [-0.2, -0.15) is 0 Å². The molecule has 7 heteroatoms.